The van der Waals surface area contributed by atoms with E-state index in [-0.39, 0.29) is 0 Å². The highest BCUT2D eigenvalue weighted by atomic mass is 16.5. The van der Waals surface area contributed by atoms with E-state index in [9.17, 15) is 4.79 Å². The molecule has 2 aromatic carbocycles. The van der Waals surface area contributed by atoms with Gasteiger partial charge in [0.25, 0.3) is 0 Å². The van der Waals surface area contributed by atoms with Crippen molar-refractivity contribution in [1.82, 2.24) is 4.98 Å². The molecule has 1 aliphatic heterocycles. The number of rotatable bonds is 5. The van der Waals surface area contributed by atoms with Gasteiger partial charge in [-0.25, -0.2) is 4.98 Å². The predicted molar refractivity (Wildman–Crippen MR) is 107 cm³/mol. The Morgan fingerprint density at radius 1 is 1.04 bits per heavy atom. The van der Waals surface area contributed by atoms with Crippen molar-refractivity contribution in [2.45, 2.75) is 12.8 Å². The minimum Gasteiger partial charge on any atom is -0.493 e. The highest BCUT2D eigenvalue weighted by Gasteiger charge is 2.17. The standard InChI is InChI=1S/C22H22N2O3/c1-26-21-7-5-6-17(22(21)27-2)20-12-15(14-25)18-13-16(8-9-19(18)23-20)24-10-3-4-11-24/h5-9,12-14H,3-4,10-11H2,1-2H3. The van der Waals surface area contributed by atoms with Gasteiger partial charge in [-0.3, -0.25) is 4.79 Å². The Morgan fingerprint density at radius 2 is 1.85 bits per heavy atom. The maximum atomic E-state index is 11.8. The molecule has 5 heteroatoms. The predicted octanol–water partition coefficient (Wildman–Crippen LogP) is 4.33. The van der Waals surface area contributed by atoms with E-state index in [4.69, 9.17) is 14.5 Å². The molecule has 3 aromatic rings. The summed E-state index contributed by atoms with van der Waals surface area (Å²) in [4.78, 5) is 19.0. The molecule has 0 amide bonds. The Morgan fingerprint density at radius 3 is 2.56 bits per heavy atom. The molecule has 0 radical (unpaired) electrons. The highest BCUT2D eigenvalue weighted by molar-refractivity contribution is 5.99. The number of aromatic nitrogens is 1. The van der Waals surface area contributed by atoms with Gasteiger partial charge in [0.2, 0.25) is 0 Å². The van der Waals surface area contributed by atoms with Gasteiger partial charge in [-0.15, -0.1) is 0 Å². The SMILES string of the molecule is COc1cccc(-c2cc(C=O)c3cc(N4CCCC4)ccc3n2)c1OC. The number of fused-ring (bicyclic) bond motifs is 1. The van der Waals surface area contributed by atoms with Gasteiger partial charge in [-0.1, -0.05) is 6.07 Å². The zero-order valence-corrected chi connectivity index (χ0v) is 15.6. The van der Waals surface area contributed by atoms with E-state index in [0.717, 1.165) is 41.5 Å². The monoisotopic (exact) mass is 362 g/mol. The van der Waals surface area contributed by atoms with Crippen LogP contribution in [0, 0.1) is 0 Å². The van der Waals surface area contributed by atoms with E-state index < -0.39 is 0 Å². The van der Waals surface area contributed by atoms with E-state index in [0.29, 0.717) is 22.8 Å². The van der Waals surface area contributed by atoms with Crippen LogP contribution in [0.2, 0.25) is 0 Å². The lowest BCUT2D eigenvalue weighted by Crippen LogP contribution is -2.17. The molecule has 0 N–H and O–H groups in total. The Bertz CT molecular complexity index is 994. The number of benzene rings is 2. The normalized spacial score (nSPS) is 13.8. The molecule has 0 aliphatic carbocycles. The number of para-hydroxylation sites is 1. The summed E-state index contributed by atoms with van der Waals surface area (Å²) in [6, 6.07) is 13.6. The van der Waals surface area contributed by atoms with Crippen LogP contribution in [-0.4, -0.2) is 38.6 Å². The highest BCUT2D eigenvalue weighted by Crippen LogP contribution is 2.38. The summed E-state index contributed by atoms with van der Waals surface area (Å²) in [7, 11) is 3.21. The van der Waals surface area contributed by atoms with Gasteiger partial charge in [0, 0.05) is 35.3 Å². The molecule has 0 bridgehead atoms. The molecule has 1 saturated heterocycles. The van der Waals surface area contributed by atoms with Gasteiger partial charge < -0.3 is 14.4 Å². The first-order valence-corrected chi connectivity index (χ1v) is 9.11. The summed E-state index contributed by atoms with van der Waals surface area (Å²) in [6.45, 7) is 2.13. The molecule has 5 nitrogen and oxygen atoms in total. The number of nitrogens with zero attached hydrogens (tertiary/aromatic N) is 2. The van der Waals surface area contributed by atoms with Gasteiger partial charge in [0.15, 0.2) is 17.8 Å². The average Bonchev–Trinajstić information content (AvgIpc) is 3.26. The minimum absolute atomic E-state index is 0.609. The van der Waals surface area contributed by atoms with Crippen LogP contribution in [-0.2, 0) is 0 Å². The van der Waals surface area contributed by atoms with Crippen LogP contribution >= 0.6 is 0 Å². The number of hydrogen-bond acceptors (Lipinski definition) is 5. The summed E-state index contributed by atoms with van der Waals surface area (Å²) in [5, 5.41) is 0.875. The third-order valence-corrected chi connectivity index (χ3v) is 5.10. The molecule has 0 unspecified atom stereocenters. The van der Waals surface area contributed by atoms with Crippen LogP contribution in [0.25, 0.3) is 22.2 Å². The third-order valence-electron chi connectivity index (χ3n) is 5.10. The van der Waals surface area contributed by atoms with Crippen LogP contribution in [0.15, 0.2) is 42.5 Å². The van der Waals surface area contributed by atoms with E-state index in [1.165, 1.54) is 12.8 Å². The molecule has 0 saturated carbocycles. The summed E-state index contributed by atoms with van der Waals surface area (Å²) < 4.78 is 10.9. The van der Waals surface area contributed by atoms with Gasteiger partial charge in [0.05, 0.1) is 25.4 Å². The number of pyridine rings is 1. The topological polar surface area (TPSA) is 51.7 Å². The number of ether oxygens (including phenoxy) is 2. The van der Waals surface area contributed by atoms with Crippen molar-refractivity contribution in [3.05, 3.63) is 48.0 Å². The minimum atomic E-state index is 0.609. The van der Waals surface area contributed by atoms with E-state index in [2.05, 4.69) is 17.0 Å². The fourth-order valence-corrected chi connectivity index (χ4v) is 3.74. The Hall–Kier alpha value is -3.08. The fraction of sp³-hybridized carbons (Fsp3) is 0.273. The van der Waals surface area contributed by atoms with Crippen LogP contribution in [0.1, 0.15) is 23.2 Å². The zero-order valence-electron chi connectivity index (χ0n) is 15.6. The average molecular weight is 362 g/mol. The number of hydrogen-bond donors (Lipinski definition) is 0. The summed E-state index contributed by atoms with van der Waals surface area (Å²) in [5.41, 5.74) is 4.06. The summed E-state index contributed by atoms with van der Waals surface area (Å²) in [5.74, 6) is 1.24. The molecule has 138 valence electrons. The third kappa shape index (κ3) is 3.10. The first-order chi connectivity index (χ1) is 13.2. The lowest BCUT2D eigenvalue weighted by molar-refractivity contribution is 0.112. The number of aldehydes is 1. The van der Waals surface area contributed by atoms with E-state index >= 15 is 0 Å². The fourth-order valence-electron chi connectivity index (χ4n) is 3.74. The first-order valence-electron chi connectivity index (χ1n) is 9.11. The molecule has 0 spiro atoms. The number of carbonyl (C=O) groups is 1. The molecule has 1 fully saturated rings. The van der Waals surface area contributed by atoms with Gasteiger partial charge in [-0.2, -0.15) is 0 Å². The van der Waals surface area contributed by atoms with Crippen molar-refractivity contribution in [1.29, 1.82) is 0 Å². The van der Waals surface area contributed by atoms with Gasteiger partial charge in [0.1, 0.15) is 0 Å². The zero-order chi connectivity index (χ0) is 18.8. The molecule has 4 rings (SSSR count). The number of anilines is 1. The Labute approximate surface area is 158 Å². The van der Waals surface area contributed by atoms with E-state index in [1.54, 1.807) is 14.2 Å². The second-order valence-electron chi connectivity index (χ2n) is 6.65. The molecule has 1 aliphatic rings. The quantitative estimate of drug-likeness (QED) is 0.632. The van der Waals surface area contributed by atoms with Crippen molar-refractivity contribution in [2.75, 3.05) is 32.2 Å². The first kappa shape index (κ1) is 17.3. The van der Waals surface area contributed by atoms with Crippen LogP contribution in [0.3, 0.4) is 0 Å². The molecule has 0 atom stereocenters. The van der Waals surface area contributed by atoms with Crippen LogP contribution in [0.4, 0.5) is 5.69 Å². The van der Waals surface area contributed by atoms with E-state index in [1.807, 2.05) is 30.3 Å². The molecular formula is C22H22N2O3. The number of carbonyl (C=O) groups excluding carboxylic acids is 1. The van der Waals surface area contributed by atoms with Crippen LogP contribution < -0.4 is 14.4 Å². The second-order valence-corrected chi connectivity index (χ2v) is 6.65. The van der Waals surface area contributed by atoms with Crippen molar-refractivity contribution in [2.24, 2.45) is 0 Å². The van der Waals surface area contributed by atoms with Gasteiger partial charge in [-0.05, 0) is 49.2 Å². The summed E-state index contributed by atoms with van der Waals surface area (Å²) >= 11 is 0. The van der Waals surface area contributed by atoms with Crippen molar-refractivity contribution >= 4 is 22.9 Å². The van der Waals surface area contributed by atoms with Crippen molar-refractivity contribution in [3.8, 4) is 22.8 Å². The molecule has 2 heterocycles. The summed E-state index contributed by atoms with van der Waals surface area (Å²) in [6.07, 6.45) is 3.32. The molecular weight excluding hydrogens is 340 g/mol. The molecule has 27 heavy (non-hydrogen) atoms. The largest absolute Gasteiger partial charge is 0.493 e. The van der Waals surface area contributed by atoms with Crippen molar-refractivity contribution in [3.63, 3.8) is 0 Å². The molecule has 1 aromatic heterocycles. The lowest BCUT2D eigenvalue weighted by Gasteiger charge is -2.18. The Balaban J connectivity index is 1.86. The smallest absolute Gasteiger partial charge is 0.170 e. The maximum Gasteiger partial charge on any atom is 0.170 e. The number of methoxy groups -OCH3 is 2. The Kier molecular flexibility index (Phi) is 4.67. The second kappa shape index (κ2) is 7.27. The van der Waals surface area contributed by atoms with Crippen LogP contribution in [0.5, 0.6) is 11.5 Å². The maximum absolute atomic E-state index is 11.8. The van der Waals surface area contributed by atoms with Crippen molar-refractivity contribution < 1.29 is 14.3 Å². The lowest BCUT2D eigenvalue weighted by atomic mass is 10.0. The van der Waals surface area contributed by atoms with Gasteiger partial charge >= 0.3 is 0 Å².